The highest BCUT2D eigenvalue weighted by Crippen LogP contribution is 2.29. The van der Waals surface area contributed by atoms with Gasteiger partial charge in [0.25, 0.3) is 0 Å². The monoisotopic (exact) mass is 280 g/mol. The summed E-state index contributed by atoms with van der Waals surface area (Å²) in [5.41, 5.74) is 9.20. The first-order valence-corrected chi connectivity index (χ1v) is 7.23. The topological polar surface area (TPSA) is 40.2 Å². The largest absolute Gasteiger partial charge is 0.487 e. The molecule has 0 amide bonds. The number of benzene rings is 2. The molecule has 1 heterocycles. The molecule has 0 atom stereocenters. The van der Waals surface area contributed by atoms with Crippen molar-refractivity contribution in [3.63, 3.8) is 0 Å². The Hall–Kier alpha value is -2.42. The minimum Gasteiger partial charge on any atom is -0.487 e. The van der Waals surface area contributed by atoms with Crippen LogP contribution in [-0.2, 0) is 6.61 Å². The van der Waals surface area contributed by atoms with Crippen LogP contribution in [0.2, 0.25) is 0 Å². The molecule has 21 heavy (non-hydrogen) atoms. The van der Waals surface area contributed by atoms with Crippen LogP contribution in [0, 0.1) is 0 Å². The second kappa shape index (κ2) is 5.52. The normalized spacial score (nSPS) is 11.2. The van der Waals surface area contributed by atoms with E-state index in [2.05, 4.69) is 30.5 Å². The van der Waals surface area contributed by atoms with E-state index in [9.17, 15) is 0 Å². The number of aromatic nitrogens is 1. The first kappa shape index (κ1) is 13.6. The Morgan fingerprint density at radius 3 is 2.52 bits per heavy atom. The van der Waals surface area contributed by atoms with Crippen molar-refractivity contribution < 1.29 is 4.74 Å². The van der Waals surface area contributed by atoms with Crippen molar-refractivity contribution in [2.75, 3.05) is 5.73 Å². The lowest BCUT2D eigenvalue weighted by atomic mass is 10.2. The molecule has 3 rings (SSSR count). The van der Waals surface area contributed by atoms with Gasteiger partial charge in [-0.25, -0.2) is 0 Å². The van der Waals surface area contributed by atoms with Crippen LogP contribution in [0.5, 0.6) is 5.75 Å². The third-order valence-corrected chi connectivity index (χ3v) is 3.62. The molecule has 2 aromatic carbocycles. The molecule has 0 saturated carbocycles. The molecule has 1 aromatic heterocycles. The molecule has 2 N–H and O–H groups in total. The molecule has 3 aromatic rings. The molecule has 0 spiro atoms. The van der Waals surface area contributed by atoms with Crippen LogP contribution >= 0.6 is 0 Å². The number of ether oxygens (including phenoxy) is 1. The molecule has 0 aliphatic carbocycles. The third-order valence-electron chi connectivity index (χ3n) is 3.62. The second-order valence-corrected chi connectivity index (χ2v) is 5.49. The lowest BCUT2D eigenvalue weighted by Gasteiger charge is -2.16. The summed E-state index contributed by atoms with van der Waals surface area (Å²) in [6.07, 6.45) is 0. The Morgan fingerprint density at radius 2 is 1.81 bits per heavy atom. The maximum Gasteiger partial charge on any atom is 0.128 e. The molecule has 0 aliphatic heterocycles. The predicted octanol–water partition coefficient (Wildman–Crippen LogP) is 4.38. The van der Waals surface area contributed by atoms with Crippen LogP contribution < -0.4 is 10.5 Å². The highest BCUT2D eigenvalue weighted by atomic mass is 16.5. The van der Waals surface area contributed by atoms with Gasteiger partial charge in [-0.3, -0.25) is 0 Å². The van der Waals surface area contributed by atoms with Crippen molar-refractivity contribution in [3.8, 4) is 5.75 Å². The summed E-state index contributed by atoms with van der Waals surface area (Å²) in [6.45, 7) is 4.87. The van der Waals surface area contributed by atoms with Gasteiger partial charge in [-0.05, 0) is 38.1 Å². The van der Waals surface area contributed by atoms with Gasteiger partial charge in [0.1, 0.15) is 12.4 Å². The highest BCUT2D eigenvalue weighted by molar-refractivity contribution is 5.91. The number of anilines is 1. The maximum absolute atomic E-state index is 6.15. The summed E-state index contributed by atoms with van der Waals surface area (Å²) >= 11 is 0. The minimum absolute atomic E-state index is 0.335. The molecule has 3 heteroatoms. The smallest absolute Gasteiger partial charge is 0.128 e. The van der Waals surface area contributed by atoms with Crippen LogP contribution in [0.4, 0.5) is 5.69 Å². The van der Waals surface area contributed by atoms with Gasteiger partial charge < -0.3 is 15.0 Å². The van der Waals surface area contributed by atoms with Gasteiger partial charge in [0.15, 0.2) is 0 Å². The Labute approximate surface area is 125 Å². The van der Waals surface area contributed by atoms with E-state index in [0.29, 0.717) is 12.6 Å². The number of nitrogens with two attached hydrogens (primary N) is 1. The van der Waals surface area contributed by atoms with Crippen LogP contribution in [0.15, 0.2) is 54.6 Å². The Morgan fingerprint density at radius 1 is 1.05 bits per heavy atom. The van der Waals surface area contributed by atoms with E-state index in [-0.39, 0.29) is 0 Å². The Bertz CT molecular complexity index is 745. The van der Waals surface area contributed by atoms with Crippen LogP contribution in [0.25, 0.3) is 10.9 Å². The Kier molecular flexibility index (Phi) is 3.57. The minimum atomic E-state index is 0.335. The zero-order valence-electron chi connectivity index (χ0n) is 12.4. The van der Waals surface area contributed by atoms with Crippen LogP contribution in [0.3, 0.4) is 0 Å². The van der Waals surface area contributed by atoms with Crippen molar-refractivity contribution in [2.24, 2.45) is 0 Å². The first-order valence-electron chi connectivity index (χ1n) is 7.23. The van der Waals surface area contributed by atoms with Gasteiger partial charge in [0.2, 0.25) is 0 Å². The summed E-state index contributed by atoms with van der Waals surface area (Å²) in [4.78, 5) is 0. The number of nitrogen functional groups attached to an aromatic ring is 1. The van der Waals surface area contributed by atoms with Gasteiger partial charge in [0.05, 0.1) is 16.9 Å². The fourth-order valence-corrected chi connectivity index (χ4v) is 2.74. The van der Waals surface area contributed by atoms with Crippen molar-refractivity contribution in [1.82, 2.24) is 4.57 Å². The average Bonchev–Trinajstić information content (AvgIpc) is 2.86. The van der Waals surface area contributed by atoms with Crippen molar-refractivity contribution in [1.29, 1.82) is 0 Å². The molecule has 0 aliphatic rings. The molecule has 3 nitrogen and oxygen atoms in total. The summed E-state index contributed by atoms with van der Waals surface area (Å²) in [5.74, 6) is 0.881. The van der Waals surface area contributed by atoms with Crippen LogP contribution in [-0.4, -0.2) is 4.57 Å². The molecule has 0 fully saturated rings. The summed E-state index contributed by atoms with van der Waals surface area (Å²) in [6, 6.07) is 18.4. The van der Waals surface area contributed by atoms with E-state index in [1.807, 2.05) is 42.5 Å². The van der Waals surface area contributed by atoms with Gasteiger partial charge in [-0.1, -0.05) is 30.3 Å². The maximum atomic E-state index is 6.15. The van der Waals surface area contributed by atoms with E-state index < -0.39 is 0 Å². The summed E-state index contributed by atoms with van der Waals surface area (Å²) in [7, 11) is 0. The SMILES string of the molecule is CC(C)n1c(COc2ccccc2)cc2cccc(N)c21. The molecule has 108 valence electrons. The zero-order valence-corrected chi connectivity index (χ0v) is 12.4. The van der Waals surface area contributed by atoms with E-state index >= 15 is 0 Å². The van der Waals surface area contributed by atoms with E-state index in [1.165, 1.54) is 0 Å². The number of para-hydroxylation sites is 2. The van der Waals surface area contributed by atoms with E-state index in [1.54, 1.807) is 0 Å². The number of nitrogens with zero attached hydrogens (tertiary/aromatic N) is 1. The quantitative estimate of drug-likeness (QED) is 0.720. The fraction of sp³-hybridized carbons (Fsp3) is 0.222. The molecule has 0 radical (unpaired) electrons. The number of fused-ring (bicyclic) bond motifs is 1. The van der Waals surface area contributed by atoms with Crippen molar-refractivity contribution >= 4 is 16.6 Å². The summed E-state index contributed by atoms with van der Waals surface area (Å²) in [5, 5.41) is 1.16. The van der Waals surface area contributed by atoms with Gasteiger partial charge in [0, 0.05) is 11.4 Å². The molecule has 0 unspecified atom stereocenters. The van der Waals surface area contributed by atoms with E-state index in [4.69, 9.17) is 10.5 Å². The van der Waals surface area contributed by atoms with E-state index in [0.717, 1.165) is 28.0 Å². The predicted molar refractivity (Wildman–Crippen MR) is 87.5 cm³/mol. The molecular weight excluding hydrogens is 260 g/mol. The second-order valence-electron chi connectivity index (χ2n) is 5.49. The summed E-state index contributed by atoms with van der Waals surface area (Å²) < 4.78 is 8.15. The lowest BCUT2D eigenvalue weighted by Crippen LogP contribution is -2.09. The Balaban J connectivity index is 1.98. The van der Waals surface area contributed by atoms with Gasteiger partial charge in [-0.2, -0.15) is 0 Å². The standard InChI is InChI=1S/C18H20N2O/c1-13(2)20-15(12-21-16-8-4-3-5-9-16)11-14-7-6-10-17(19)18(14)20/h3-11,13H,12,19H2,1-2H3. The number of hydrogen-bond donors (Lipinski definition) is 1. The fourth-order valence-electron chi connectivity index (χ4n) is 2.74. The highest BCUT2D eigenvalue weighted by Gasteiger charge is 2.13. The number of hydrogen-bond acceptors (Lipinski definition) is 2. The van der Waals surface area contributed by atoms with Gasteiger partial charge >= 0.3 is 0 Å². The van der Waals surface area contributed by atoms with Gasteiger partial charge in [-0.15, -0.1) is 0 Å². The average molecular weight is 280 g/mol. The van der Waals surface area contributed by atoms with Crippen molar-refractivity contribution in [3.05, 3.63) is 60.3 Å². The lowest BCUT2D eigenvalue weighted by molar-refractivity contribution is 0.293. The molecule has 0 bridgehead atoms. The zero-order chi connectivity index (χ0) is 14.8. The molecule has 0 saturated heterocycles. The first-order chi connectivity index (χ1) is 10.2. The van der Waals surface area contributed by atoms with Crippen molar-refractivity contribution in [2.45, 2.75) is 26.5 Å². The third kappa shape index (κ3) is 2.59. The number of rotatable bonds is 4. The molecular formula is C18H20N2O. The van der Waals surface area contributed by atoms with Crippen LogP contribution in [0.1, 0.15) is 25.6 Å².